The molecule has 0 unspecified atom stereocenters. The zero-order valence-electron chi connectivity index (χ0n) is 12.7. The highest BCUT2D eigenvalue weighted by Crippen LogP contribution is 2.23. The molecular formula is C15H24N2O3. The van der Waals surface area contributed by atoms with E-state index in [0.29, 0.717) is 6.54 Å². The van der Waals surface area contributed by atoms with Crippen LogP contribution in [-0.4, -0.2) is 44.8 Å². The van der Waals surface area contributed by atoms with Crippen LogP contribution in [0.2, 0.25) is 0 Å². The summed E-state index contributed by atoms with van der Waals surface area (Å²) < 4.78 is 9.81. The Bertz CT molecular complexity index is 423. The van der Waals surface area contributed by atoms with Gasteiger partial charge in [0, 0.05) is 19.1 Å². The van der Waals surface area contributed by atoms with Crippen molar-refractivity contribution in [3.05, 3.63) is 29.8 Å². The molecule has 0 aromatic heterocycles. The van der Waals surface area contributed by atoms with E-state index in [1.165, 1.54) is 12.7 Å². The van der Waals surface area contributed by atoms with Crippen LogP contribution in [0.25, 0.3) is 0 Å². The minimum atomic E-state index is -0.393. The fraction of sp³-hybridized carbons (Fsp3) is 0.533. The monoisotopic (exact) mass is 280 g/mol. The van der Waals surface area contributed by atoms with Gasteiger partial charge < -0.3 is 14.8 Å². The summed E-state index contributed by atoms with van der Waals surface area (Å²) in [5, 5.41) is 2.70. The molecule has 0 heterocycles. The van der Waals surface area contributed by atoms with Gasteiger partial charge in [0.2, 0.25) is 0 Å². The molecule has 20 heavy (non-hydrogen) atoms. The number of hydrogen-bond donors (Lipinski definition) is 1. The molecule has 1 amide bonds. The summed E-state index contributed by atoms with van der Waals surface area (Å²) in [6, 6.07) is 8.32. The summed E-state index contributed by atoms with van der Waals surface area (Å²) in [6.07, 6.45) is -0.393. The van der Waals surface area contributed by atoms with Gasteiger partial charge in [-0.1, -0.05) is 19.1 Å². The number of amides is 1. The number of hydrogen-bond acceptors (Lipinski definition) is 4. The first-order chi connectivity index (χ1) is 9.62. The van der Waals surface area contributed by atoms with Crippen molar-refractivity contribution in [3.63, 3.8) is 0 Å². The maximum absolute atomic E-state index is 11.0. The van der Waals surface area contributed by atoms with Gasteiger partial charge in [0.15, 0.2) is 0 Å². The second-order valence-corrected chi connectivity index (χ2v) is 4.50. The summed E-state index contributed by atoms with van der Waals surface area (Å²) in [5.41, 5.74) is 1.20. The summed E-state index contributed by atoms with van der Waals surface area (Å²) in [4.78, 5) is 13.3. The van der Waals surface area contributed by atoms with Crippen LogP contribution < -0.4 is 10.1 Å². The molecule has 0 aliphatic rings. The lowest BCUT2D eigenvalue weighted by Crippen LogP contribution is -2.36. The number of nitrogens with one attached hydrogen (secondary N) is 1. The first-order valence-corrected chi connectivity index (χ1v) is 6.82. The summed E-state index contributed by atoms with van der Waals surface area (Å²) in [5.74, 6) is 0.859. The minimum Gasteiger partial charge on any atom is -0.497 e. The summed E-state index contributed by atoms with van der Waals surface area (Å²) >= 11 is 0. The van der Waals surface area contributed by atoms with Crippen molar-refractivity contribution < 1.29 is 14.3 Å². The van der Waals surface area contributed by atoms with E-state index in [-0.39, 0.29) is 6.04 Å². The number of ether oxygens (including phenoxy) is 2. The Morgan fingerprint density at radius 3 is 2.75 bits per heavy atom. The van der Waals surface area contributed by atoms with Crippen molar-refractivity contribution in [2.24, 2.45) is 0 Å². The molecule has 5 nitrogen and oxygen atoms in total. The molecule has 1 aromatic carbocycles. The number of likely N-dealkylation sites (N-methyl/N-ethyl adjacent to an activating group) is 1. The number of rotatable bonds is 7. The lowest BCUT2D eigenvalue weighted by Gasteiger charge is -2.28. The van der Waals surface area contributed by atoms with Crippen molar-refractivity contribution in [2.45, 2.75) is 19.9 Å². The highest BCUT2D eigenvalue weighted by molar-refractivity contribution is 5.66. The normalized spacial score (nSPS) is 12.1. The van der Waals surface area contributed by atoms with Crippen LogP contribution in [0.3, 0.4) is 0 Å². The molecule has 5 heteroatoms. The Morgan fingerprint density at radius 1 is 1.40 bits per heavy atom. The van der Waals surface area contributed by atoms with E-state index in [1.54, 1.807) is 7.11 Å². The van der Waals surface area contributed by atoms with E-state index < -0.39 is 6.09 Å². The highest BCUT2D eigenvalue weighted by Gasteiger charge is 2.14. The van der Waals surface area contributed by atoms with Crippen LogP contribution in [-0.2, 0) is 4.74 Å². The average molecular weight is 280 g/mol. The van der Waals surface area contributed by atoms with Crippen molar-refractivity contribution in [1.29, 1.82) is 0 Å². The molecule has 0 aliphatic carbocycles. The van der Waals surface area contributed by atoms with Gasteiger partial charge in [-0.25, -0.2) is 4.79 Å². The van der Waals surface area contributed by atoms with Crippen molar-refractivity contribution in [1.82, 2.24) is 10.2 Å². The molecule has 112 valence electrons. The first-order valence-electron chi connectivity index (χ1n) is 6.82. The van der Waals surface area contributed by atoms with Gasteiger partial charge in [0.05, 0.1) is 14.2 Å². The second-order valence-electron chi connectivity index (χ2n) is 4.50. The molecule has 0 spiro atoms. The van der Waals surface area contributed by atoms with Crippen LogP contribution in [0.1, 0.15) is 25.5 Å². The Hall–Kier alpha value is -1.75. The molecule has 1 aromatic rings. The van der Waals surface area contributed by atoms with E-state index in [9.17, 15) is 4.79 Å². The number of nitrogens with zero attached hydrogens (tertiary/aromatic N) is 1. The lowest BCUT2D eigenvalue weighted by molar-refractivity contribution is 0.165. The molecule has 0 saturated carbocycles. The minimum absolute atomic E-state index is 0.259. The molecule has 1 rings (SSSR count). The fourth-order valence-electron chi connectivity index (χ4n) is 2.11. The second kappa shape index (κ2) is 8.43. The van der Waals surface area contributed by atoms with Gasteiger partial charge in [-0.2, -0.15) is 0 Å². The van der Waals surface area contributed by atoms with E-state index in [0.717, 1.165) is 18.8 Å². The zero-order valence-corrected chi connectivity index (χ0v) is 12.7. The van der Waals surface area contributed by atoms with Crippen LogP contribution in [0.5, 0.6) is 5.75 Å². The zero-order chi connectivity index (χ0) is 15.0. The van der Waals surface area contributed by atoms with E-state index >= 15 is 0 Å². The average Bonchev–Trinajstić information content (AvgIpc) is 2.50. The Kier molecular flexibility index (Phi) is 6.87. The van der Waals surface area contributed by atoms with Crippen molar-refractivity contribution in [3.8, 4) is 5.75 Å². The number of methoxy groups -OCH3 is 2. The number of alkyl carbamates (subject to hydrolysis) is 1. The maximum atomic E-state index is 11.0. The molecule has 0 saturated heterocycles. The van der Waals surface area contributed by atoms with Crippen molar-refractivity contribution >= 4 is 6.09 Å². The maximum Gasteiger partial charge on any atom is 0.406 e. The van der Waals surface area contributed by atoms with Crippen LogP contribution in [0, 0.1) is 0 Å². The largest absolute Gasteiger partial charge is 0.497 e. The summed E-state index contributed by atoms with van der Waals surface area (Å²) in [6.45, 7) is 6.49. The highest BCUT2D eigenvalue weighted by atomic mass is 16.5. The molecule has 1 atom stereocenters. The molecule has 0 aliphatic heterocycles. The Balaban J connectivity index is 2.61. The van der Waals surface area contributed by atoms with Gasteiger partial charge in [0.25, 0.3) is 0 Å². The molecular weight excluding hydrogens is 256 g/mol. The molecule has 1 N–H and O–H groups in total. The van der Waals surface area contributed by atoms with Gasteiger partial charge in [0.1, 0.15) is 5.75 Å². The Labute approximate surface area is 120 Å². The van der Waals surface area contributed by atoms with Gasteiger partial charge in [-0.3, -0.25) is 4.90 Å². The van der Waals surface area contributed by atoms with E-state index in [2.05, 4.69) is 34.9 Å². The number of carbonyl (C=O) groups is 1. The van der Waals surface area contributed by atoms with Gasteiger partial charge >= 0.3 is 6.09 Å². The quantitative estimate of drug-likeness (QED) is 0.833. The third kappa shape index (κ3) is 4.74. The lowest BCUT2D eigenvalue weighted by atomic mass is 10.1. The predicted molar refractivity (Wildman–Crippen MR) is 79.1 cm³/mol. The predicted octanol–water partition coefficient (Wildman–Crippen LogP) is 2.43. The van der Waals surface area contributed by atoms with Crippen molar-refractivity contribution in [2.75, 3.05) is 33.9 Å². The van der Waals surface area contributed by atoms with Gasteiger partial charge in [-0.05, 0) is 31.2 Å². The first kappa shape index (κ1) is 16.3. The molecule has 0 bridgehead atoms. The SMILES string of the molecule is CCN(CCNC(=O)OC)[C@H](C)c1cccc(OC)c1. The number of benzene rings is 1. The van der Waals surface area contributed by atoms with E-state index in [4.69, 9.17) is 4.74 Å². The van der Waals surface area contributed by atoms with Gasteiger partial charge in [-0.15, -0.1) is 0 Å². The standard InChI is InChI=1S/C15H24N2O3/c1-5-17(10-9-16-15(18)20-4)12(2)13-7-6-8-14(11-13)19-3/h6-8,11-12H,5,9-10H2,1-4H3,(H,16,18)/t12-/m1/s1. The molecule has 0 radical (unpaired) electrons. The summed E-state index contributed by atoms with van der Waals surface area (Å²) in [7, 11) is 3.04. The van der Waals surface area contributed by atoms with Crippen LogP contribution in [0.15, 0.2) is 24.3 Å². The van der Waals surface area contributed by atoms with E-state index in [1.807, 2.05) is 18.2 Å². The molecule has 0 fully saturated rings. The number of carbonyl (C=O) groups excluding carboxylic acids is 1. The Morgan fingerprint density at radius 2 is 2.15 bits per heavy atom. The van der Waals surface area contributed by atoms with Crippen LogP contribution in [0.4, 0.5) is 4.79 Å². The van der Waals surface area contributed by atoms with Crippen LogP contribution >= 0.6 is 0 Å². The fourth-order valence-corrected chi connectivity index (χ4v) is 2.11. The topological polar surface area (TPSA) is 50.8 Å². The third-order valence-electron chi connectivity index (χ3n) is 3.38. The smallest absolute Gasteiger partial charge is 0.406 e. The third-order valence-corrected chi connectivity index (χ3v) is 3.38.